The van der Waals surface area contributed by atoms with Crippen LogP contribution in [0.15, 0.2) is 30.5 Å². The van der Waals surface area contributed by atoms with E-state index in [1.54, 1.807) is 6.07 Å². The van der Waals surface area contributed by atoms with Crippen molar-refractivity contribution in [1.29, 1.82) is 0 Å². The van der Waals surface area contributed by atoms with Gasteiger partial charge in [0.05, 0.1) is 23.8 Å². The standard InChI is InChI=1S/C16H18FN3O/c17-14-7-3-6-13(16(14)18)15(21)10-11-8-9-20(19-11)12-4-1-2-5-12/h3,6-9,12H,1-2,4-5,10,18H2. The largest absolute Gasteiger partial charge is 0.396 e. The molecule has 0 spiro atoms. The summed E-state index contributed by atoms with van der Waals surface area (Å²) < 4.78 is 15.3. The van der Waals surface area contributed by atoms with Gasteiger partial charge in [0.1, 0.15) is 5.82 Å². The van der Waals surface area contributed by atoms with E-state index in [1.165, 1.54) is 25.0 Å². The quantitative estimate of drug-likeness (QED) is 0.694. The van der Waals surface area contributed by atoms with E-state index in [4.69, 9.17) is 5.73 Å². The molecule has 1 saturated carbocycles. The van der Waals surface area contributed by atoms with Gasteiger partial charge in [0.25, 0.3) is 0 Å². The van der Waals surface area contributed by atoms with E-state index in [9.17, 15) is 9.18 Å². The molecule has 4 nitrogen and oxygen atoms in total. The van der Waals surface area contributed by atoms with Crippen LogP contribution in [0, 0.1) is 5.82 Å². The van der Waals surface area contributed by atoms with Crippen LogP contribution in [0.3, 0.4) is 0 Å². The Morgan fingerprint density at radius 3 is 2.86 bits per heavy atom. The zero-order chi connectivity index (χ0) is 14.8. The Morgan fingerprint density at radius 1 is 1.33 bits per heavy atom. The van der Waals surface area contributed by atoms with E-state index in [2.05, 4.69) is 5.10 Å². The zero-order valence-electron chi connectivity index (χ0n) is 11.8. The fourth-order valence-corrected chi connectivity index (χ4v) is 2.88. The third-order valence-corrected chi connectivity index (χ3v) is 4.06. The lowest BCUT2D eigenvalue weighted by Crippen LogP contribution is -2.10. The van der Waals surface area contributed by atoms with Crippen LogP contribution in [0.25, 0.3) is 0 Å². The van der Waals surface area contributed by atoms with Crippen LogP contribution in [0.2, 0.25) is 0 Å². The van der Waals surface area contributed by atoms with Gasteiger partial charge in [-0.3, -0.25) is 9.48 Å². The Balaban J connectivity index is 1.74. The highest BCUT2D eigenvalue weighted by atomic mass is 19.1. The molecule has 110 valence electrons. The van der Waals surface area contributed by atoms with Crippen molar-refractivity contribution in [2.45, 2.75) is 38.1 Å². The Bertz CT molecular complexity index is 659. The van der Waals surface area contributed by atoms with E-state index >= 15 is 0 Å². The number of carbonyl (C=O) groups is 1. The van der Waals surface area contributed by atoms with Crippen LogP contribution >= 0.6 is 0 Å². The predicted octanol–water partition coefficient (Wildman–Crippen LogP) is 3.14. The van der Waals surface area contributed by atoms with Crippen molar-refractivity contribution in [3.63, 3.8) is 0 Å². The molecule has 1 aliphatic carbocycles. The molecule has 0 unspecified atom stereocenters. The Hall–Kier alpha value is -2.17. The van der Waals surface area contributed by atoms with Crippen molar-refractivity contribution in [3.05, 3.63) is 47.5 Å². The minimum Gasteiger partial charge on any atom is -0.396 e. The molecule has 0 amide bonds. The number of anilines is 1. The zero-order valence-corrected chi connectivity index (χ0v) is 11.8. The number of benzene rings is 1. The summed E-state index contributed by atoms with van der Waals surface area (Å²) >= 11 is 0. The summed E-state index contributed by atoms with van der Waals surface area (Å²) in [5.41, 5.74) is 6.47. The first-order valence-corrected chi connectivity index (χ1v) is 7.26. The Labute approximate surface area is 122 Å². The van der Waals surface area contributed by atoms with Crippen LogP contribution < -0.4 is 5.73 Å². The first-order valence-electron chi connectivity index (χ1n) is 7.26. The molecule has 1 aromatic heterocycles. The van der Waals surface area contributed by atoms with Crippen LogP contribution in [0.1, 0.15) is 47.8 Å². The second-order valence-electron chi connectivity index (χ2n) is 5.53. The van der Waals surface area contributed by atoms with Gasteiger partial charge in [-0.1, -0.05) is 18.9 Å². The summed E-state index contributed by atoms with van der Waals surface area (Å²) in [6.45, 7) is 0. The van der Waals surface area contributed by atoms with Crippen LogP contribution in [-0.2, 0) is 6.42 Å². The van der Waals surface area contributed by atoms with E-state index < -0.39 is 5.82 Å². The smallest absolute Gasteiger partial charge is 0.171 e. The molecule has 0 aliphatic heterocycles. The average molecular weight is 287 g/mol. The van der Waals surface area contributed by atoms with Gasteiger partial charge in [-0.2, -0.15) is 5.10 Å². The third kappa shape index (κ3) is 2.82. The van der Waals surface area contributed by atoms with Crippen molar-refractivity contribution in [2.24, 2.45) is 0 Å². The first kappa shape index (κ1) is 13.8. The van der Waals surface area contributed by atoms with E-state index in [-0.39, 0.29) is 23.5 Å². The van der Waals surface area contributed by atoms with Gasteiger partial charge < -0.3 is 5.73 Å². The van der Waals surface area contributed by atoms with Crippen LogP contribution in [-0.4, -0.2) is 15.6 Å². The van der Waals surface area contributed by atoms with Crippen LogP contribution in [0.5, 0.6) is 0 Å². The Kier molecular flexibility index (Phi) is 3.73. The second kappa shape index (κ2) is 5.68. The molecule has 2 aromatic rings. The number of Topliss-reactive ketones (excluding diaryl/α,β-unsaturated/α-hetero) is 1. The summed E-state index contributed by atoms with van der Waals surface area (Å²) in [4.78, 5) is 12.2. The lowest BCUT2D eigenvalue weighted by Gasteiger charge is -2.09. The monoisotopic (exact) mass is 287 g/mol. The molecule has 1 fully saturated rings. The summed E-state index contributed by atoms with van der Waals surface area (Å²) in [7, 11) is 0. The number of hydrogen-bond donors (Lipinski definition) is 1. The summed E-state index contributed by atoms with van der Waals surface area (Å²) in [6, 6.07) is 6.60. The second-order valence-corrected chi connectivity index (χ2v) is 5.53. The van der Waals surface area contributed by atoms with E-state index in [1.807, 2.05) is 16.9 Å². The van der Waals surface area contributed by atoms with Crippen molar-refractivity contribution >= 4 is 11.5 Å². The highest BCUT2D eigenvalue weighted by molar-refractivity contribution is 6.01. The van der Waals surface area contributed by atoms with Crippen molar-refractivity contribution in [1.82, 2.24) is 9.78 Å². The lowest BCUT2D eigenvalue weighted by atomic mass is 10.0. The van der Waals surface area contributed by atoms with Gasteiger partial charge in [-0.05, 0) is 31.0 Å². The molecule has 0 atom stereocenters. The normalized spacial score (nSPS) is 15.5. The van der Waals surface area contributed by atoms with Crippen molar-refractivity contribution < 1.29 is 9.18 Å². The van der Waals surface area contributed by atoms with Crippen LogP contribution in [0.4, 0.5) is 10.1 Å². The number of para-hydroxylation sites is 1. The van der Waals surface area contributed by atoms with Gasteiger partial charge in [0.15, 0.2) is 5.78 Å². The number of aromatic nitrogens is 2. The molecule has 1 aliphatic rings. The van der Waals surface area contributed by atoms with Gasteiger partial charge in [-0.15, -0.1) is 0 Å². The predicted molar refractivity (Wildman–Crippen MR) is 78.6 cm³/mol. The number of nitrogens with two attached hydrogens (primary N) is 1. The number of rotatable bonds is 4. The topological polar surface area (TPSA) is 60.9 Å². The molecular weight excluding hydrogens is 269 g/mol. The maximum Gasteiger partial charge on any atom is 0.171 e. The SMILES string of the molecule is Nc1c(F)cccc1C(=O)Cc1ccn(C2CCCC2)n1. The number of halogens is 1. The molecule has 1 heterocycles. The fourth-order valence-electron chi connectivity index (χ4n) is 2.88. The van der Waals surface area contributed by atoms with Gasteiger partial charge in [0.2, 0.25) is 0 Å². The number of nitrogen functional groups attached to an aromatic ring is 1. The number of nitrogens with zero attached hydrogens (tertiary/aromatic N) is 2. The average Bonchev–Trinajstić information content (AvgIpc) is 3.12. The summed E-state index contributed by atoms with van der Waals surface area (Å²) in [5, 5.41) is 4.47. The minimum atomic E-state index is -0.558. The van der Waals surface area contributed by atoms with E-state index in [0.29, 0.717) is 11.7 Å². The molecule has 1 aromatic carbocycles. The first-order chi connectivity index (χ1) is 10.1. The fraction of sp³-hybridized carbons (Fsp3) is 0.375. The summed E-state index contributed by atoms with van der Waals surface area (Å²) in [6.07, 6.45) is 6.83. The molecule has 2 N–H and O–H groups in total. The van der Waals surface area contributed by atoms with Crippen molar-refractivity contribution in [3.8, 4) is 0 Å². The molecule has 0 saturated heterocycles. The molecular formula is C16H18FN3O. The maximum absolute atomic E-state index is 13.4. The number of ketones is 1. The maximum atomic E-state index is 13.4. The van der Waals surface area contributed by atoms with Crippen molar-refractivity contribution in [2.75, 3.05) is 5.73 Å². The number of carbonyl (C=O) groups excluding carboxylic acids is 1. The molecule has 0 bridgehead atoms. The van der Waals surface area contributed by atoms with Gasteiger partial charge in [-0.25, -0.2) is 4.39 Å². The molecule has 3 rings (SSSR count). The third-order valence-electron chi connectivity index (χ3n) is 4.06. The molecule has 21 heavy (non-hydrogen) atoms. The Morgan fingerprint density at radius 2 is 2.10 bits per heavy atom. The van der Waals surface area contributed by atoms with Gasteiger partial charge >= 0.3 is 0 Å². The summed E-state index contributed by atoms with van der Waals surface area (Å²) in [5.74, 6) is -0.763. The van der Waals surface area contributed by atoms with E-state index in [0.717, 1.165) is 12.8 Å². The van der Waals surface area contributed by atoms with Gasteiger partial charge in [0, 0.05) is 11.8 Å². The highest BCUT2D eigenvalue weighted by Gasteiger charge is 2.19. The highest BCUT2D eigenvalue weighted by Crippen LogP contribution is 2.28. The number of hydrogen-bond acceptors (Lipinski definition) is 3. The minimum absolute atomic E-state index is 0.0854. The molecule has 5 heteroatoms. The molecule has 0 radical (unpaired) electrons. The lowest BCUT2D eigenvalue weighted by molar-refractivity contribution is 0.0992.